The standard InChI is InChI=1S/C20H32N4O2S.HI/c1-21-19(23(2)14-17-6-4-5-7-18(17)25-3)22-15-20(8-13-27-16-20)24-9-11-26-12-10-24;/h4-7H,8-16H2,1-3H3,(H,21,22);1H. The highest BCUT2D eigenvalue weighted by Gasteiger charge is 2.40. The van der Waals surface area contributed by atoms with E-state index in [1.54, 1.807) is 7.11 Å². The summed E-state index contributed by atoms with van der Waals surface area (Å²) in [7, 11) is 5.65. The average Bonchev–Trinajstić information content (AvgIpc) is 3.20. The number of thioether (sulfide) groups is 1. The monoisotopic (exact) mass is 520 g/mol. The SMILES string of the molecule is CN=C(NCC1(N2CCOCC2)CCSC1)N(C)Cc1ccccc1OC.I. The number of methoxy groups -OCH3 is 1. The van der Waals surface area contributed by atoms with E-state index in [9.17, 15) is 0 Å². The van der Waals surface area contributed by atoms with Crippen molar-refractivity contribution in [3.63, 3.8) is 0 Å². The number of nitrogens with one attached hydrogen (secondary N) is 1. The van der Waals surface area contributed by atoms with Gasteiger partial charge in [0.1, 0.15) is 5.75 Å². The third-order valence-electron chi connectivity index (χ3n) is 5.51. The van der Waals surface area contributed by atoms with Crippen LogP contribution < -0.4 is 10.1 Å². The number of halogens is 1. The third-order valence-corrected chi connectivity index (χ3v) is 6.75. The van der Waals surface area contributed by atoms with E-state index >= 15 is 0 Å². The Morgan fingerprint density at radius 2 is 2.11 bits per heavy atom. The first-order valence-electron chi connectivity index (χ1n) is 9.63. The Bertz CT molecular complexity index is 634. The molecule has 1 aromatic rings. The maximum Gasteiger partial charge on any atom is 0.193 e. The molecule has 0 radical (unpaired) electrons. The van der Waals surface area contributed by atoms with Crippen LogP contribution in [0.1, 0.15) is 12.0 Å². The van der Waals surface area contributed by atoms with Gasteiger partial charge in [-0.15, -0.1) is 24.0 Å². The molecule has 2 fully saturated rings. The van der Waals surface area contributed by atoms with Crippen molar-refractivity contribution < 1.29 is 9.47 Å². The molecule has 0 saturated carbocycles. The fourth-order valence-electron chi connectivity index (χ4n) is 3.93. The zero-order valence-corrected chi connectivity index (χ0v) is 20.3. The Balaban J connectivity index is 0.00000280. The van der Waals surface area contributed by atoms with Crippen molar-refractivity contribution in [1.82, 2.24) is 15.1 Å². The number of morpholine rings is 1. The first-order chi connectivity index (χ1) is 13.2. The Labute approximate surface area is 190 Å². The van der Waals surface area contributed by atoms with E-state index in [-0.39, 0.29) is 29.5 Å². The van der Waals surface area contributed by atoms with Gasteiger partial charge in [-0.1, -0.05) is 18.2 Å². The molecule has 0 bridgehead atoms. The second-order valence-electron chi connectivity index (χ2n) is 7.20. The molecule has 6 nitrogen and oxygen atoms in total. The Morgan fingerprint density at radius 3 is 2.75 bits per heavy atom. The van der Waals surface area contributed by atoms with Gasteiger partial charge in [-0.05, 0) is 18.2 Å². The van der Waals surface area contributed by atoms with Crippen molar-refractivity contribution in [3.05, 3.63) is 29.8 Å². The molecule has 0 aromatic heterocycles. The summed E-state index contributed by atoms with van der Waals surface area (Å²) in [5, 5.41) is 3.65. The van der Waals surface area contributed by atoms with Crippen LogP contribution in [-0.4, -0.2) is 86.9 Å². The summed E-state index contributed by atoms with van der Waals surface area (Å²) in [6.45, 7) is 5.41. The van der Waals surface area contributed by atoms with Crippen molar-refractivity contribution in [2.24, 2.45) is 4.99 Å². The number of para-hydroxylation sites is 1. The zero-order chi connectivity index (χ0) is 19.1. The number of ether oxygens (including phenoxy) is 2. The van der Waals surface area contributed by atoms with Gasteiger partial charge in [0.05, 0.1) is 20.3 Å². The molecule has 1 unspecified atom stereocenters. The van der Waals surface area contributed by atoms with E-state index in [0.29, 0.717) is 0 Å². The van der Waals surface area contributed by atoms with Gasteiger partial charge in [0.25, 0.3) is 0 Å². The molecule has 0 amide bonds. The number of aliphatic imine (C=N–C) groups is 1. The van der Waals surface area contributed by atoms with E-state index in [1.165, 1.54) is 17.9 Å². The smallest absolute Gasteiger partial charge is 0.193 e. The molecule has 2 aliphatic heterocycles. The normalized spacial score (nSPS) is 23.2. The first-order valence-corrected chi connectivity index (χ1v) is 10.8. The topological polar surface area (TPSA) is 49.3 Å². The Morgan fingerprint density at radius 1 is 1.36 bits per heavy atom. The Hall–Kier alpha value is -0.710. The molecular formula is C20H33IN4O2S. The van der Waals surface area contributed by atoms with Crippen LogP contribution in [0.5, 0.6) is 5.75 Å². The fraction of sp³-hybridized carbons (Fsp3) is 0.650. The number of rotatable bonds is 6. The van der Waals surface area contributed by atoms with E-state index in [1.807, 2.05) is 25.2 Å². The van der Waals surface area contributed by atoms with Crippen LogP contribution in [0.2, 0.25) is 0 Å². The first kappa shape index (κ1) is 23.6. The summed E-state index contributed by atoms with van der Waals surface area (Å²) in [6, 6.07) is 8.15. The maximum absolute atomic E-state index is 5.56. The van der Waals surface area contributed by atoms with Gasteiger partial charge in [-0.3, -0.25) is 9.89 Å². The van der Waals surface area contributed by atoms with Gasteiger partial charge in [-0.25, -0.2) is 0 Å². The highest BCUT2D eigenvalue weighted by atomic mass is 127. The lowest BCUT2D eigenvalue weighted by molar-refractivity contribution is -0.0121. The van der Waals surface area contributed by atoms with Gasteiger partial charge in [0.2, 0.25) is 0 Å². The third kappa shape index (κ3) is 5.67. The summed E-state index contributed by atoms with van der Waals surface area (Å²) in [4.78, 5) is 9.30. The van der Waals surface area contributed by atoms with Gasteiger partial charge < -0.3 is 19.7 Å². The summed E-state index contributed by atoms with van der Waals surface area (Å²) in [5.74, 6) is 4.24. The molecule has 8 heteroatoms. The summed E-state index contributed by atoms with van der Waals surface area (Å²) < 4.78 is 11.1. The van der Waals surface area contributed by atoms with Crippen molar-refractivity contribution in [3.8, 4) is 5.75 Å². The van der Waals surface area contributed by atoms with Crippen molar-refractivity contribution in [1.29, 1.82) is 0 Å². The molecule has 0 aliphatic carbocycles. The molecule has 28 heavy (non-hydrogen) atoms. The van der Waals surface area contributed by atoms with Crippen LogP contribution in [-0.2, 0) is 11.3 Å². The lowest BCUT2D eigenvalue weighted by Gasteiger charge is -2.43. The molecule has 3 rings (SSSR count). The summed E-state index contributed by atoms with van der Waals surface area (Å²) in [5.41, 5.74) is 1.36. The zero-order valence-electron chi connectivity index (χ0n) is 17.1. The van der Waals surface area contributed by atoms with Gasteiger partial charge in [-0.2, -0.15) is 11.8 Å². The van der Waals surface area contributed by atoms with Crippen LogP contribution >= 0.6 is 35.7 Å². The molecule has 2 heterocycles. The lowest BCUT2D eigenvalue weighted by Crippen LogP contribution is -2.60. The van der Waals surface area contributed by atoms with Crippen LogP contribution in [0.4, 0.5) is 0 Å². The number of hydrogen-bond donors (Lipinski definition) is 1. The molecule has 1 aromatic carbocycles. The van der Waals surface area contributed by atoms with Crippen molar-refractivity contribution >= 4 is 41.7 Å². The van der Waals surface area contributed by atoms with Crippen LogP contribution in [0.15, 0.2) is 29.3 Å². The predicted octanol–water partition coefficient (Wildman–Crippen LogP) is 2.53. The maximum atomic E-state index is 5.56. The molecule has 2 saturated heterocycles. The van der Waals surface area contributed by atoms with Gasteiger partial charge in [0.15, 0.2) is 5.96 Å². The van der Waals surface area contributed by atoms with Crippen molar-refractivity contribution in [2.45, 2.75) is 18.5 Å². The highest BCUT2D eigenvalue weighted by Crippen LogP contribution is 2.33. The molecule has 2 aliphatic rings. The molecular weight excluding hydrogens is 487 g/mol. The van der Waals surface area contributed by atoms with Crippen LogP contribution in [0.25, 0.3) is 0 Å². The molecule has 158 valence electrons. The largest absolute Gasteiger partial charge is 0.496 e. The number of benzene rings is 1. The van der Waals surface area contributed by atoms with E-state index in [0.717, 1.165) is 56.7 Å². The number of nitrogens with zero attached hydrogens (tertiary/aromatic N) is 3. The minimum absolute atomic E-state index is 0. The number of guanidine groups is 1. The summed E-state index contributed by atoms with van der Waals surface area (Å²) in [6.07, 6.45) is 1.22. The molecule has 1 N–H and O–H groups in total. The second kappa shape index (κ2) is 11.5. The Kier molecular flexibility index (Phi) is 9.65. The summed E-state index contributed by atoms with van der Waals surface area (Å²) >= 11 is 2.06. The quantitative estimate of drug-likeness (QED) is 0.354. The van der Waals surface area contributed by atoms with Crippen molar-refractivity contribution in [2.75, 3.05) is 65.6 Å². The average molecular weight is 520 g/mol. The van der Waals surface area contributed by atoms with E-state index in [2.05, 4.69) is 45.0 Å². The van der Waals surface area contributed by atoms with Crippen LogP contribution in [0, 0.1) is 0 Å². The second-order valence-corrected chi connectivity index (χ2v) is 8.30. The number of hydrogen-bond acceptors (Lipinski definition) is 5. The van der Waals surface area contributed by atoms with Gasteiger partial charge in [0, 0.05) is 57.1 Å². The minimum Gasteiger partial charge on any atom is -0.496 e. The molecule has 1 atom stereocenters. The predicted molar refractivity (Wildman–Crippen MR) is 128 cm³/mol. The fourth-order valence-corrected chi connectivity index (χ4v) is 5.40. The van der Waals surface area contributed by atoms with E-state index < -0.39 is 0 Å². The molecule has 0 spiro atoms. The minimum atomic E-state index is 0. The van der Waals surface area contributed by atoms with Gasteiger partial charge >= 0.3 is 0 Å². The van der Waals surface area contributed by atoms with Crippen LogP contribution in [0.3, 0.4) is 0 Å². The lowest BCUT2D eigenvalue weighted by atomic mass is 9.95. The highest BCUT2D eigenvalue weighted by molar-refractivity contribution is 14.0. The van der Waals surface area contributed by atoms with E-state index in [4.69, 9.17) is 9.47 Å².